The maximum absolute atomic E-state index is 8.81. The number of rotatable bonds is 2. The van der Waals surface area contributed by atoms with E-state index in [4.69, 9.17) is 15.7 Å². The minimum absolute atomic E-state index is 0.0650. The number of nitrogens with zero attached hydrogens (tertiary/aromatic N) is 3. The van der Waals surface area contributed by atoms with Crippen molar-refractivity contribution in [3.05, 3.63) is 18.3 Å². The summed E-state index contributed by atoms with van der Waals surface area (Å²) in [5.74, 6) is 1.17. The molecule has 2 N–H and O–H groups in total. The lowest BCUT2D eigenvalue weighted by Crippen LogP contribution is -2.38. The number of nitrogen functional groups attached to an aromatic ring is 1. The monoisotopic (exact) mass is 218 g/mol. The van der Waals surface area contributed by atoms with Crippen LogP contribution >= 0.6 is 0 Å². The molecule has 16 heavy (non-hydrogen) atoms. The van der Waals surface area contributed by atoms with Gasteiger partial charge in [-0.15, -0.1) is 0 Å². The smallest absolute Gasteiger partial charge is 0.179 e. The highest BCUT2D eigenvalue weighted by Gasteiger charge is 2.20. The lowest BCUT2D eigenvalue weighted by molar-refractivity contribution is 0.119. The van der Waals surface area contributed by atoms with E-state index < -0.39 is 0 Å². The van der Waals surface area contributed by atoms with E-state index in [2.05, 4.69) is 11.2 Å². The molecule has 1 saturated heterocycles. The van der Waals surface area contributed by atoms with Crippen LogP contribution in [0.3, 0.4) is 0 Å². The molecule has 5 nitrogen and oxygen atoms in total. The van der Waals surface area contributed by atoms with Gasteiger partial charge in [0.1, 0.15) is 17.7 Å². The number of likely N-dealkylation sites (tertiary alicyclic amines) is 1. The number of hydrogen-bond acceptors (Lipinski definition) is 5. The Bertz CT molecular complexity index is 401. The molecule has 0 aliphatic carbocycles. The summed E-state index contributed by atoms with van der Waals surface area (Å²) < 4.78 is 5.76. The SMILES string of the molecule is N#CN1CCCC(Oc2ccnc(N)c2)C1. The van der Waals surface area contributed by atoms with Crippen molar-refractivity contribution in [2.45, 2.75) is 18.9 Å². The standard InChI is InChI=1S/C11H14N4O/c12-8-15-5-1-2-10(7-15)16-9-3-4-14-11(13)6-9/h3-4,6,10H,1-2,5,7H2,(H2,13,14). The fraction of sp³-hybridized carbons (Fsp3) is 0.455. The molecule has 1 unspecified atom stereocenters. The Labute approximate surface area is 94.4 Å². The Balaban J connectivity index is 1.97. The Morgan fingerprint density at radius 1 is 1.62 bits per heavy atom. The summed E-state index contributed by atoms with van der Waals surface area (Å²) in [5.41, 5.74) is 5.56. The van der Waals surface area contributed by atoms with E-state index in [0.29, 0.717) is 12.4 Å². The number of nitriles is 1. The van der Waals surface area contributed by atoms with Crippen molar-refractivity contribution in [1.29, 1.82) is 5.26 Å². The van der Waals surface area contributed by atoms with Gasteiger partial charge >= 0.3 is 0 Å². The highest BCUT2D eigenvalue weighted by atomic mass is 16.5. The van der Waals surface area contributed by atoms with Gasteiger partial charge in [-0.25, -0.2) is 4.98 Å². The van der Waals surface area contributed by atoms with Crippen LogP contribution in [-0.4, -0.2) is 29.1 Å². The van der Waals surface area contributed by atoms with Crippen molar-refractivity contribution in [1.82, 2.24) is 9.88 Å². The average molecular weight is 218 g/mol. The highest BCUT2D eigenvalue weighted by Crippen LogP contribution is 2.18. The topological polar surface area (TPSA) is 75.2 Å². The molecule has 0 radical (unpaired) electrons. The second kappa shape index (κ2) is 4.71. The first-order chi connectivity index (χ1) is 7.78. The number of anilines is 1. The third-order valence-corrected chi connectivity index (χ3v) is 2.57. The molecule has 0 amide bonds. The van der Waals surface area contributed by atoms with Crippen molar-refractivity contribution in [2.24, 2.45) is 0 Å². The fourth-order valence-electron chi connectivity index (χ4n) is 1.82. The Morgan fingerprint density at radius 2 is 2.50 bits per heavy atom. The molecule has 2 rings (SSSR count). The molecular weight excluding hydrogens is 204 g/mol. The van der Waals surface area contributed by atoms with Gasteiger partial charge < -0.3 is 15.4 Å². The first-order valence-corrected chi connectivity index (χ1v) is 5.31. The molecule has 1 fully saturated rings. The summed E-state index contributed by atoms with van der Waals surface area (Å²) in [4.78, 5) is 5.62. The van der Waals surface area contributed by atoms with Gasteiger partial charge in [0.2, 0.25) is 0 Å². The van der Waals surface area contributed by atoms with Crippen LogP contribution in [0.15, 0.2) is 18.3 Å². The van der Waals surface area contributed by atoms with Gasteiger partial charge in [0.15, 0.2) is 6.19 Å². The van der Waals surface area contributed by atoms with E-state index in [1.807, 2.05) is 0 Å². The highest BCUT2D eigenvalue weighted by molar-refractivity contribution is 5.35. The minimum Gasteiger partial charge on any atom is -0.488 e. The summed E-state index contributed by atoms with van der Waals surface area (Å²) in [6.45, 7) is 1.48. The van der Waals surface area contributed by atoms with Crippen LogP contribution in [0.2, 0.25) is 0 Å². The molecule has 1 atom stereocenters. The van der Waals surface area contributed by atoms with E-state index in [1.165, 1.54) is 0 Å². The van der Waals surface area contributed by atoms with E-state index >= 15 is 0 Å². The molecule has 1 aliphatic heterocycles. The predicted molar refractivity (Wildman–Crippen MR) is 59.5 cm³/mol. The van der Waals surface area contributed by atoms with Crippen LogP contribution < -0.4 is 10.5 Å². The quantitative estimate of drug-likeness (QED) is 0.749. The molecule has 0 spiro atoms. The molecular formula is C11H14N4O. The largest absolute Gasteiger partial charge is 0.488 e. The summed E-state index contributed by atoms with van der Waals surface area (Å²) in [5, 5.41) is 8.81. The first-order valence-electron chi connectivity index (χ1n) is 5.31. The van der Waals surface area contributed by atoms with Crippen LogP contribution in [0, 0.1) is 11.5 Å². The summed E-state index contributed by atoms with van der Waals surface area (Å²) in [6, 6.07) is 3.48. The van der Waals surface area contributed by atoms with E-state index in [0.717, 1.165) is 25.1 Å². The summed E-state index contributed by atoms with van der Waals surface area (Å²) >= 11 is 0. The lowest BCUT2D eigenvalue weighted by atomic mass is 10.1. The fourth-order valence-corrected chi connectivity index (χ4v) is 1.82. The van der Waals surface area contributed by atoms with Crippen LogP contribution in [0.25, 0.3) is 0 Å². The molecule has 0 bridgehead atoms. The zero-order valence-electron chi connectivity index (χ0n) is 8.97. The van der Waals surface area contributed by atoms with Crippen molar-refractivity contribution in [3.8, 4) is 11.9 Å². The maximum atomic E-state index is 8.81. The van der Waals surface area contributed by atoms with Gasteiger partial charge in [-0.2, -0.15) is 5.26 Å². The van der Waals surface area contributed by atoms with Crippen molar-refractivity contribution in [2.75, 3.05) is 18.8 Å². The molecule has 1 aromatic rings. The van der Waals surface area contributed by atoms with E-state index in [-0.39, 0.29) is 6.10 Å². The molecule has 1 aromatic heterocycles. The normalized spacial score (nSPS) is 20.2. The lowest BCUT2D eigenvalue weighted by Gasteiger charge is -2.29. The van der Waals surface area contributed by atoms with Gasteiger partial charge in [0, 0.05) is 18.8 Å². The molecule has 2 heterocycles. The van der Waals surface area contributed by atoms with E-state index in [1.54, 1.807) is 23.2 Å². The van der Waals surface area contributed by atoms with Gasteiger partial charge in [-0.1, -0.05) is 0 Å². The van der Waals surface area contributed by atoms with Crippen molar-refractivity contribution in [3.63, 3.8) is 0 Å². The van der Waals surface area contributed by atoms with Gasteiger partial charge in [0.25, 0.3) is 0 Å². The van der Waals surface area contributed by atoms with Crippen molar-refractivity contribution < 1.29 is 4.74 Å². The maximum Gasteiger partial charge on any atom is 0.179 e. The van der Waals surface area contributed by atoms with Gasteiger partial charge in [-0.3, -0.25) is 0 Å². The minimum atomic E-state index is 0.0650. The second-order valence-corrected chi connectivity index (χ2v) is 3.84. The second-order valence-electron chi connectivity index (χ2n) is 3.84. The molecule has 1 aliphatic rings. The third kappa shape index (κ3) is 2.54. The number of pyridine rings is 1. The third-order valence-electron chi connectivity index (χ3n) is 2.57. The predicted octanol–water partition coefficient (Wildman–Crippen LogP) is 0.988. The molecule has 0 aromatic carbocycles. The summed E-state index contributed by atoms with van der Waals surface area (Å²) in [7, 11) is 0. The Hall–Kier alpha value is -1.96. The first kappa shape index (κ1) is 10.6. The van der Waals surface area contributed by atoms with Gasteiger partial charge in [-0.05, 0) is 18.9 Å². The Kier molecular flexibility index (Phi) is 3.10. The van der Waals surface area contributed by atoms with Crippen molar-refractivity contribution >= 4 is 5.82 Å². The number of ether oxygens (including phenoxy) is 1. The number of aromatic nitrogens is 1. The molecule has 84 valence electrons. The van der Waals surface area contributed by atoms with E-state index in [9.17, 15) is 0 Å². The number of piperidine rings is 1. The Morgan fingerprint density at radius 3 is 3.25 bits per heavy atom. The van der Waals surface area contributed by atoms with Crippen LogP contribution in [0.1, 0.15) is 12.8 Å². The van der Waals surface area contributed by atoms with Crippen LogP contribution in [0.5, 0.6) is 5.75 Å². The van der Waals surface area contributed by atoms with Gasteiger partial charge in [0.05, 0.1) is 6.54 Å². The van der Waals surface area contributed by atoms with Crippen LogP contribution in [-0.2, 0) is 0 Å². The zero-order chi connectivity index (χ0) is 11.4. The molecule has 5 heteroatoms. The molecule has 0 saturated carbocycles. The zero-order valence-corrected chi connectivity index (χ0v) is 8.97. The number of nitrogens with two attached hydrogens (primary N) is 1. The number of hydrogen-bond donors (Lipinski definition) is 1. The van der Waals surface area contributed by atoms with Crippen LogP contribution in [0.4, 0.5) is 5.82 Å². The average Bonchev–Trinajstić information content (AvgIpc) is 2.29. The summed E-state index contributed by atoms with van der Waals surface area (Å²) in [6.07, 6.45) is 5.79.